The number of aliphatic hydroxyl groups is 1. The van der Waals surface area contributed by atoms with Gasteiger partial charge >= 0.3 is 0 Å². The van der Waals surface area contributed by atoms with Crippen LogP contribution in [0.4, 0.5) is 11.5 Å². The Hall–Kier alpha value is -3.42. The number of aromatic hydroxyl groups is 1. The van der Waals surface area contributed by atoms with Gasteiger partial charge in [-0.05, 0) is 49.2 Å². The van der Waals surface area contributed by atoms with Gasteiger partial charge in [-0.2, -0.15) is 0 Å². The zero-order chi connectivity index (χ0) is 21.5. The molecule has 0 saturated carbocycles. The highest BCUT2D eigenvalue weighted by molar-refractivity contribution is 6.04. The van der Waals surface area contributed by atoms with Crippen LogP contribution in [0.25, 0.3) is 0 Å². The summed E-state index contributed by atoms with van der Waals surface area (Å²) in [4.78, 5) is 16.5. The molecular weight excluding hydrogens is 380 g/mol. The Morgan fingerprint density at radius 2 is 1.93 bits per heavy atom. The van der Waals surface area contributed by atoms with Crippen molar-refractivity contribution in [3.8, 4) is 5.75 Å². The van der Waals surface area contributed by atoms with Crippen molar-refractivity contribution in [3.05, 3.63) is 83.6 Å². The number of aromatic nitrogens is 1. The van der Waals surface area contributed by atoms with Crippen molar-refractivity contribution in [2.75, 3.05) is 17.6 Å². The maximum absolute atomic E-state index is 12.5. The Bertz CT molecular complexity index is 992. The lowest BCUT2D eigenvalue weighted by molar-refractivity contribution is 0.102. The summed E-state index contributed by atoms with van der Waals surface area (Å²) in [7, 11) is 0. The molecule has 156 valence electrons. The van der Waals surface area contributed by atoms with E-state index in [1.807, 2.05) is 25.1 Å². The maximum atomic E-state index is 12.5. The lowest BCUT2D eigenvalue weighted by Gasteiger charge is -2.18. The molecule has 0 unspecified atom stereocenters. The molecule has 3 rings (SSSR count). The number of benzene rings is 2. The summed E-state index contributed by atoms with van der Waals surface area (Å²) in [5, 5.41) is 25.9. The molecule has 0 aliphatic heterocycles. The number of nitrogens with two attached hydrogens (primary N) is 1. The SMILES string of the molecule is C[C@H](Cc1cccc(C(=O)Nc2cccc(O)c2)c1)NC[C@@H](O)c1ccc(N)nc1. The molecule has 0 radical (unpaired) electrons. The van der Waals surface area contributed by atoms with Gasteiger partial charge < -0.3 is 26.6 Å². The standard InChI is InChI=1S/C23H26N4O3/c1-15(25-14-21(29)18-8-9-22(24)26-13-18)10-16-4-2-5-17(11-16)23(30)27-19-6-3-7-20(28)12-19/h2-9,11-13,15,21,25,28-29H,10,14H2,1H3,(H2,24,26)(H,27,30)/t15-,21-/m1/s1. The highest BCUT2D eigenvalue weighted by Crippen LogP contribution is 2.17. The molecule has 0 saturated heterocycles. The van der Waals surface area contributed by atoms with Crippen molar-refractivity contribution in [2.45, 2.75) is 25.5 Å². The van der Waals surface area contributed by atoms with E-state index in [2.05, 4.69) is 15.6 Å². The van der Waals surface area contributed by atoms with Crippen LogP contribution in [0.15, 0.2) is 66.9 Å². The fourth-order valence-corrected chi connectivity index (χ4v) is 3.10. The Labute approximate surface area is 175 Å². The van der Waals surface area contributed by atoms with E-state index < -0.39 is 6.10 Å². The van der Waals surface area contributed by atoms with Crippen LogP contribution < -0.4 is 16.4 Å². The molecule has 1 aromatic heterocycles. The number of hydrogen-bond donors (Lipinski definition) is 5. The summed E-state index contributed by atoms with van der Waals surface area (Å²) in [5.74, 6) is 0.271. The predicted octanol–water partition coefficient (Wildman–Crippen LogP) is 2.88. The van der Waals surface area contributed by atoms with Crippen molar-refractivity contribution in [1.29, 1.82) is 0 Å². The lowest BCUT2D eigenvalue weighted by Crippen LogP contribution is -2.32. The first-order chi connectivity index (χ1) is 14.4. The van der Waals surface area contributed by atoms with E-state index >= 15 is 0 Å². The number of nitrogens with one attached hydrogen (secondary N) is 2. The Balaban J connectivity index is 1.55. The van der Waals surface area contributed by atoms with Gasteiger partial charge in [0.25, 0.3) is 5.91 Å². The number of rotatable bonds is 8. The van der Waals surface area contributed by atoms with Gasteiger partial charge in [-0.3, -0.25) is 4.79 Å². The third-order valence-corrected chi connectivity index (χ3v) is 4.69. The van der Waals surface area contributed by atoms with E-state index in [0.29, 0.717) is 35.6 Å². The summed E-state index contributed by atoms with van der Waals surface area (Å²) < 4.78 is 0. The van der Waals surface area contributed by atoms with Crippen molar-refractivity contribution in [2.24, 2.45) is 0 Å². The number of nitrogen functional groups attached to an aromatic ring is 1. The van der Waals surface area contributed by atoms with Gasteiger partial charge in [-0.15, -0.1) is 0 Å². The normalized spacial score (nSPS) is 12.9. The zero-order valence-electron chi connectivity index (χ0n) is 16.7. The molecule has 0 fully saturated rings. The van der Waals surface area contributed by atoms with Crippen LogP contribution in [0.3, 0.4) is 0 Å². The summed E-state index contributed by atoms with van der Waals surface area (Å²) in [6.07, 6.45) is 1.58. The van der Waals surface area contributed by atoms with E-state index in [0.717, 1.165) is 5.56 Å². The molecule has 3 aromatic rings. The second-order valence-electron chi connectivity index (χ2n) is 7.25. The number of phenolic OH excluding ortho intramolecular Hbond substituents is 1. The van der Waals surface area contributed by atoms with Gasteiger partial charge in [0.05, 0.1) is 6.10 Å². The Morgan fingerprint density at radius 1 is 1.13 bits per heavy atom. The third-order valence-electron chi connectivity index (χ3n) is 4.69. The monoisotopic (exact) mass is 406 g/mol. The number of carbonyl (C=O) groups excluding carboxylic acids is 1. The number of nitrogens with zero attached hydrogens (tertiary/aromatic N) is 1. The topological polar surface area (TPSA) is 120 Å². The minimum absolute atomic E-state index is 0.0887. The van der Waals surface area contributed by atoms with Crippen molar-refractivity contribution in [3.63, 3.8) is 0 Å². The quantitative estimate of drug-likeness (QED) is 0.392. The number of anilines is 2. The number of amides is 1. The van der Waals surface area contributed by atoms with Gasteiger partial charge in [0.15, 0.2) is 0 Å². The molecule has 0 spiro atoms. The van der Waals surface area contributed by atoms with Crippen molar-refractivity contribution >= 4 is 17.4 Å². The second kappa shape index (κ2) is 9.87. The van der Waals surface area contributed by atoms with Crippen LogP contribution >= 0.6 is 0 Å². The van der Waals surface area contributed by atoms with Gasteiger partial charge in [0.1, 0.15) is 11.6 Å². The largest absolute Gasteiger partial charge is 0.508 e. The number of hydrogen-bond acceptors (Lipinski definition) is 6. The van der Waals surface area contributed by atoms with E-state index in [1.54, 1.807) is 42.6 Å². The van der Waals surface area contributed by atoms with Gasteiger partial charge in [-0.1, -0.05) is 24.3 Å². The zero-order valence-corrected chi connectivity index (χ0v) is 16.7. The highest BCUT2D eigenvalue weighted by Gasteiger charge is 2.12. The van der Waals surface area contributed by atoms with Gasteiger partial charge in [0, 0.05) is 41.7 Å². The first kappa shape index (κ1) is 21.3. The van der Waals surface area contributed by atoms with E-state index in [-0.39, 0.29) is 17.7 Å². The smallest absolute Gasteiger partial charge is 0.255 e. The molecule has 2 atom stereocenters. The van der Waals surface area contributed by atoms with Crippen molar-refractivity contribution < 1.29 is 15.0 Å². The first-order valence-corrected chi connectivity index (χ1v) is 9.73. The van der Waals surface area contributed by atoms with Crippen molar-refractivity contribution in [1.82, 2.24) is 10.3 Å². The van der Waals surface area contributed by atoms with E-state index in [9.17, 15) is 15.0 Å². The second-order valence-corrected chi connectivity index (χ2v) is 7.25. The van der Waals surface area contributed by atoms with E-state index in [4.69, 9.17) is 5.73 Å². The van der Waals surface area contributed by atoms with Gasteiger partial charge in [-0.25, -0.2) is 4.98 Å². The predicted molar refractivity (Wildman–Crippen MR) is 117 cm³/mol. The van der Waals surface area contributed by atoms with Crippen LogP contribution in [-0.2, 0) is 6.42 Å². The van der Waals surface area contributed by atoms with Crippen LogP contribution in [-0.4, -0.2) is 33.7 Å². The fourth-order valence-electron chi connectivity index (χ4n) is 3.10. The van der Waals surface area contributed by atoms with Gasteiger partial charge in [0.2, 0.25) is 0 Å². The van der Waals surface area contributed by atoms with Crippen LogP contribution in [0.2, 0.25) is 0 Å². The molecule has 30 heavy (non-hydrogen) atoms. The molecule has 0 bridgehead atoms. The average Bonchev–Trinajstić information content (AvgIpc) is 2.73. The van der Waals surface area contributed by atoms with E-state index in [1.165, 1.54) is 6.07 Å². The minimum atomic E-state index is -0.681. The maximum Gasteiger partial charge on any atom is 0.255 e. The molecule has 0 aliphatic carbocycles. The molecular formula is C23H26N4O3. The summed E-state index contributed by atoms with van der Waals surface area (Å²) >= 11 is 0. The molecule has 7 nitrogen and oxygen atoms in total. The van der Waals surface area contributed by atoms with Crippen LogP contribution in [0.1, 0.15) is 34.5 Å². The number of carbonyl (C=O) groups is 1. The minimum Gasteiger partial charge on any atom is -0.508 e. The molecule has 0 aliphatic rings. The molecule has 1 amide bonds. The molecule has 7 heteroatoms. The lowest BCUT2D eigenvalue weighted by atomic mass is 10.0. The Morgan fingerprint density at radius 3 is 2.67 bits per heavy atom. The molecule has 6 N–H and O–H groups in total. The molecule has 1 heterocycles. The molecule has 2 aromatic carbocycles. The summed E-state index contributed by atoms with van der Waals surface area (Å²) in [6, 6.07) is 17.3. The first-order valence-electron chi connectivity index (χ1n) is 9.73. The summed E-state index contributed by atoms with van der Waals surface area (Å²) in [6.45, 7) is 2.40. The highest BCUT2D eigenvalue weighted by atomic mass is 16.3. The fraction of sp³-hybridized carbons (Fsp3) is 0.217. The third kappa shape index (κ3) is 6.04. The van der Waals surface area contributed by atoms with Crippen LogP contribution in [0, 0.1) is 0 Å². The number of aliphatic hydroxyl groups excluding tert-OH is 1. The number of pyridine rings is 1. The Kier molecular flexibility index (Phi) is 7.00. The summed E-state index contributed by atoms with van der Waals surface area (Å²) in [5.41, 5.74) is 8.35. The average molecular weight is 406 g/mol. The van der Waals surface area contributed by atoms with Crippen LogP contribution in [0.5, 0.6) is 5.75 Å². The number of phenols is 1.